The first-order valence-electron chi connectivity index (χ1n) is 5.20. The fourth-order valence-electron chi connectivity index (χ4n) is 1.30. The molecule has 5 heteroatoms. The number of aliphatic hydroxyl groups is 1. The fourth-order valence-corrected chi connectivity index (χ4v) is 1.30. The molecule has 1 aromatic rings. The Kier molecular flexibility index (Phi) is 4.37. The summed E-state index contributed by atoms with van der Waals surface area (Å²) in [5.41, 5.74) is 0.363. The SMILES string of the molecule is CC(C(=O)/C=C(\O)C(=O)O)C(=O)c1ccccc1. The van der Waals surface area contributed by atoms with Crippen LogP contribution in [0.15, 0.2) is 42.2 Å². The number of aliphatic hydroxyl groups excluding tert-OH is 1. The van der Waals surface area contributed by atoms with Gasteiger partial charge in [0.2, 0.25) is 5.76 Å². The molecule has 0 saturated carbocycles. The normalized spacial score (nSPS) is 12.8. The highest BCUT2D eigenvalue weighted by atomic mass is 16.4. The molecule has 94 valence electrons. The maximum atomic E-state index is 11.9. The Bertz CT molecular complexity index is 501. The molecule has 0 spiro atoms. The number of allylic oxidation sites excluding steroid dienone is 1. The number of rotatable bonds is 5. The molecule has 0 saturated heterocycles. The lowest BCUT2D eigenvalue weighted by molar-refractivity contribution is -0.136. The maximum absolute atomic E-state index is 11.9. The number of carboxylic acid groups (broad SMARTS) is 1. The molecule has 0 aliphatic rings. The molecule has 1 atom stereocenters. The first-order valence-corrected chi connectivity index (χ1v) is 5.20. The quantitative estimate of drug-likeness (QED) is 0.357. The molecular formula is C13H12O5. The molecule has 1 unspecified atom stereocenters. The maximum Gasteiger partial charge on any atom is 0.371 e. The molecule has 0 aromatic heterocycles. The van der Waals surface area contributed by atoms with Gasteiger partial charge in [-0.25, -0.2) is 4.79 Å². The number of ketones is 2. The summed E-state index contributed by atoms with van der Waals surface area (Å²) in [6.45, 7) is 1.36. The van der Waals surface area contributed by atoms with Gasteiger partial charge >= 0.3 is 5.97 Å². The average molecular weight is 248 g/mol. The highest BCUT2D eigenvalue weighted by Gasteiger charge is 2.22. The lowest BCUT2D eigenvalue weighted by atomic mass is 9.95. The van der Waals surface area contributed by atoms with E-state index in [0.717, 1.165) is 0 Å². The monoisotopic (exact) mass is 248 g/mol. The molecular weight excluding hydrogens is 236 g/mol. The zero-order chi connectivity index (χ0) is 13.7. The standard InChI is InChI=1S/C13H12O5/c1-8(10(14)7-11(15)13(17)18)12(16)9-5-3-2-4-6-9/h2-8,15H,1H3,(H,17,18)/b11-7-. The van der Waals surface area contributed by atoms with Gasteiger partial charge in [-0.3, -0.25) is 9.59 Å². The third-order valence-corrected chi connectivity index (χ3v) is 2.38. The summed E-state index contributed by atoms with van der Waals surface area (Å²) < 4.78 is 0. The van der Waals surface area contributed by atoms with Crippen molar-refractivity contribution in [3.05, 3.63) is 47.7 Å². The highest BCUT2D eigenvalue weighted by molar-refractivity contribution is 6.14. The number of hydrogen-bond acceptors (Lipinski definition) is 4. The van der Waals surface area contributed by atoms with E-state index in [4.69, 9.17) is 10.2 Å². The first kappa shape index (κ1) is 13.6. The number of Topliss-reactive ketones (excluding diaryl/α,β-unsaturated/α-hetero) is 1. The zero-order valence-electron chi connectivity index (χ0n) is 9.66. The second kappa shape index (κ2) is 5.77. The van der Waals surface area contributed by atoms with Crippen LogP contribution in [0.2, 0.25) is 0 Å². The molecule has 5 nitrogen and oxygen atoms in total. The highest BCUT2D eigenvalue weighted by Crippen LogP contribution is 2.10. The Morgan fingerprint density at radius 2 is 1.67 bits per heavy atom. The van der Waals surface area contributed by atoms with Crippen molar-refractivity contribution in [1.82, 2.24) is 0 Å². The second-order valence-electron chi connectivity index (χ2n) is 3.69. The third-order valence-electron chi connectivity index (χ3n) is 2.38. The van der Waals surface area contributed by atoms with E-state index >= 15 is 0 Å². The van der Waals surface area contributed by atoms with Gasteiger partial charge in [0, 0.05) is 11.6 Å². The van der Waals surface area contributed by atoms with Crippen LogP contribution in [-0.2, 0) is 9.59 Å². The lowest BCUT2D eigenvalue weighted by Gasteiger charge is -2.06. The largest absolute Gasteiger partial charge is 0.502 e. The van der Waals surface area contributed by atoms with Gasteiger partial charge in [0.15, 0.2) is 11.6 Å². The van der Waals surface area contributed by atoms with Crippen molar-refractivity contribution in [2.24, 2.45) is 5.92 Å². The summed E-state index contributed by atoms with van der Waals surface area (Å²) in [7, 11) is 0. The summed E-state index contributed by atoms with van der Waals surface area (Å²) in [6, 6.07) is 8.18. The number of carbonyl (C=O) groups is 3. The van der Waals surface area contributed by atoms with Crippen molar-refractivity contribution in [1.29, 1.82) is 0 Å². The van der Waals surface area contributed by atoms with E-state index in [-0.39, 0.29) is 0 Å². The van der Waals surface area contributed by atoms with Crippen molar-refractivity contribution >= 4 is 17.5 Å². The Morgan fingerprint density at radius 1 is 1.11 bits per heavy atom. The Labute approximate surface area is 103 Å². The van der Waals surface area contributed by atoms with E-state index in [1.54, 1.807) is 30.3 Å². The summed E-state index contributed by atoms with van der Waals surface area (Å²) in [4.78, 5) is 33.8. The summed E-state index contributed by atoms with van der Waals surface area (Å²) in [6.07, 6.45) is 0.549. The molecule has 0 fully saturated rings. The van der Waals surface area contributed by atoms with Crippen LogP contribution >= 0.6 is 0 Å². The van der Waals surface area contributed by atoms with Crippen LogP contribution in [0.25, 0.3) is 0 Å². The van der Waals surface area contributed by atoms with Crippen molar-refractivity contribution in [3.8, 4) is 0 Å². The van der Waals surface area contributed by atoms with Crippen LogP contribution in [0.5, 0.6) is 0 Å². The van der Waals surface area contributed by atoms with Gasteiger partial charge in [0.25, 0.3) is 0 Å². The molecule has 0 radical (unpaired) electrons. The van der Waals surface area contributed by atoms with Crippen LogP contribution in [-0.4, -0.2) is 27.7 Å². The summed E-state index contributed by atoms with van der Waals surface area (Å²) >= 11 is 0. The zero-order valence-corrected chi connectivity index (χ0v) is 9.66. The van der Waals surface area contributed by atoms with Crippen LogP contribution in [0.3, 0.4) is 0 Å². The molecule has 1 aromatic carbocycles. The minimum atomic E-state index is -1.61. The van der Waals surface area contributed by atoms with Crippen molar-refractivity contribution in [3.63, 3.8) is 0 Å². The minimum absolute atomic E-state index is 0.363. The number of carbonyl (C=O) groups excluding carboxylic acids is 2. The molecule has 0 aliphatic carbocycles. The number of benzene rings is 1. The van der Waals surface area contributed by atoms with Crippen LogP contribution in [0.1, 0.15) is 17.3 Å². The van der Waals surface area contributed by atoms with Crippen LogP contribution < -0.4 is 0 Å². The molecule has 18 heavy (non-hydrogen) atoms. The predicted molar refractivity (Wildman–Crippen MR) is 63.3 cm³/mol. The first-order chi connectivity index (χ1) is 8.43. The lowest BCUT2D eigenvalue weighted by Crippen LogP contribution is -2.20. The van der Waals surface area contributed by atoms with Crippen LogP contribution in [0, 0.1) is 5.92 Å². The second-order valence-corrected chi connectivity index (χ2v) is 3.69. The predicted octanol–water partition coefficient (Wildman–Crippen LogP) is 1.60. The van der Waals surface area contributed by atoms with Gasteiger partial charge < -0.3 is 10.2 Å². The smallest absolute Gasteiger partial charge is 0.371 e. The molecule has 0 aliphatic heterocycles. The van der Waals surface area contributed by atoms with E-state index in [0.29, 0.717) is 11.6 Å². The van der Waals surface area contributed by atoms with Gasteiger partial charge in [-0.15, -0.1) is 0 Å². The van der Waals surface area contributed by atoms with E-state index in [1.165, 1.54) is 6.92 Å². The van der Waals surface area contributed by atoms with E-state index in [9.17, 15) is 14.4 Å². The fraction of sp³-hybridized carbons (Fsp3) is 0.154. The van der Waals surface area contributed by atoms with Gasteiger partial charge in [-0.05, 0) is 6.92 Å². The molecule has 2 N–H and O–H groups in total. The average Bonchev–Trinajstić information content (AvgIpc) is 2.37. The van der Waals surface area contributed by atoms with Crippen molar-refractivity contribution in [2.45, 2.75) is 6.92 Å². The number of hydrogen-bond donors (Lipinski definition) is 2. The van der Waals surface area contributed by atoms with Gasteiger partial charge in [0.1, 0.15) is 0 Å². The van der Waals surface area contributed by atoms with Crippen molar-refractivity contribution in [2.75, 3.05) is 0 Å². The molecule has 0 heterocycles. The van der Waals surface area contributed by atoms with E-state index in [1.807, 2.05) is 0 Å². The molecule has 0 amide bonds. The molecule has 1 rings (SSSR count). The summed E-state index contributed by atoms with van der Waals surface area (Å²) in [5, 5.41) is 17.3. The van der Waals surface area contributed by atoms with Gasteiger partial charge in [-0.1, -0.05) is 30.3 Å². The Morgan fingerprint density at radius 3 is 2.17 bits per heavy atom. The Hall–Kier alpha value is -2.43. The van der Waals surface area contributed by atoms with Gasteiger partial charge in [-0.2, -0.15) is 0 Å². The number of aliphatic carboxylic acids is 1. The van der Waals surface area contributed by atoms with Crippen molar-refractivity contribution < 1.29 is 24.6 Å². The summed E-state index contributed by atoms with van der Waals surface area (Å²) in [5.74, 6) is -4.89. The minimum Gasteiger partial charge on any atom is -0.502 e. The van der Waals surface area contributed by atoms with Gasteiger partial charge in [0.05, 0.1) is 5.92 Å². The Balaban J connectivity index is 2.86. The van der Waals surface area contributed by atoms with E-state index in [2.05, 4.69) is 0 Å². The van der Waals surface area contributed by atoms with E-state index < -0.39 is 29.2 Å². The topological polar surface area (TPSA) is 91.7 Å². The molecule has 0 bridgehead atoms. The number of carboxylic acids is 1. The van der Waals surface area contributed by atoms with Crippen LogP contribution in [0.4, 0.5) is 0 Å². The third kappa shape index (κ3) is 3.28.